The molecule has 0 heterocycles. The van der Waals surface area contributed by atoms with Crippen LogP contribution in [0, 0.1) is 0 Å². The first-order chi connectivity index (χ1) is 14.8. The summed E-state index contributed by atoms with van der Waals surface area (Å²) in [6.07, 6.45) is 0. The van der Waals surface area contributed by atoms with Crippen LogP contribution in [-0.4, -0.2) is 14.2 Å². The van der Waals surface area contributed by atoms with Gasteiger partial charge in [-0.2, -0.15) is 0 Å². The minimum absolute atomic E-state index is 0.870. The van der Waals surface area contributed by atoms with Crippen molar-refractivity contribution in [1.29, 1.82) is 0 Å². The zero-order valence-electron chi connectivity index (χ0n) is 16.9. The van der Waals surface area contributed by atoms with E-state index in [-0.39, 0.29) is 0 Å². The summed E-state index contributed by atoms with van der Waals surface area (Å²) in [6, 6.07) is 30.3. The second-order valence-corrected chi connectivity index (χ2v) is 7.70. The fourth-order valence-electron chi connectivity index (χ4n) is 4.79. The zero-order chi connectivity index (χ0) is 20.2. The molecule has 144 valence electrons. The molecule has 0 radical (unpaired) electrons. The van der Waals surface area contributed by atoms with Gasteiger partial charge in [-0.3, -0.25) is 0 Å². The van der Waals surface area contributed by atoms with Crippen molar-refractivity contribution in [2.24, 2.45) is 0 Å². The van der Waals surface area contributed by atoms with Crippen LogP contribution < -0.4 is 9.47 Å². The summed E-state index contributed by atoms with van der Waals surface area (Å²) < 4.78 is 11.1. The lowest BCUT2D eigenvalue weighted by atomic mass is 9.88. The summed E-state index contributed by atoms with van der Waals surface area (Å²) in [5.41, 5.74) is 0. The maximum Gasteiger partial charge on any atom is 0.119 e. The molecule has 0 spiro atoms. The molecule has 0 bridgehead atoms. The minimum atomic E-state index is 0.870. The quantitative estimate of drug-likeness (QED) is 0.286. The van der Waals surface area contributed by atoms with E-state index in [0.717, 1.165) is 11.5 Å². The maximum absolute atomic E-state index is 5.57. The van der Waals surface area contributed by atoms with E-state index in [4.69, 9.17) is 9.47 Å². The van der Waals surface area contributed by atoms with E-state index in [0.29, 0.717) is 0 Å². The normalized spacial score (nSPS) is 11.7. The number of hydrogen-bond acceptors (Lipinski definition) is 2. The first-order valence-electron chi connectivity index (χ1n) is 10.1. The fourth-order valence-corrected chi connectivity index (χ4v) is 4.79. The van der Waals surface area contributed by atoms with Gasteiger partial charge in [0.05, 0.1) is 14.2 Å². The van der Waals surface area contributed by atoms with Gasteiger partial charge in [0.25, 0.3) is 0 Å². The molecule has 0 amide bonds. The van der Waals surface area contributed by atoms with Gasteiger partial charge in [0.1, 0.15) is 11.5 Å². The number of hydrogen-bond donors (Lipinski definition) is 0. The first-order valence-corrected chi connectivity index (χ1v) is 10.1. The summed E-state index contributed by atoms with van der Waals surface area (Å²) in [6.45, 7) is 0. The monoisotopic (exact) mass is 388 g/mol. The Balaban J connectivity index is 2.00. The molecule has 0 saturated carbocycles. The Morgan fingerprint density at radius 3 is 1.30 bits per heavy atom. The molecule has 6 aromatic rings. The summed E-state index contributed by atoms with van der Waals surface area (Å²) >= 11 is 0. The van der Waals surface area contributed by atoms with Crippen molar-refractivity contribution in [3.8, 4) is 11.5 Å². The second-order valence-electron chi connectivity index (χ2n) is 7.70. The molecule has 0 saturated heterocycles. The summed E-state index contributed by atoms with van der Waals surface area (Å²) in [7, 11) is 3.44. The summed E-state index contributed by atoms with van der Waals surface area (Å²) in [4.78, 5) is 0. The van der Waals surface area contributed by atoms with Gasteiger partial charge in [0.15, 0.2) is 0 Å². The van der Waals surface area contributed by atoms with Crippen molar-refractivity contribution in [2.45, 2.75) is 0 Å². The lowest BCUT2D eigenvalue weighted by Gasteiger charge is -2.16. The topological polar surface area (TPSA) is 18.5 Å². The third-order valence-corrected chi connectivity index (χ3v) is 6.21. The number of benzene rings is 6. The molecule has 2 heteroatoms. The Hall–Kier alpha value is -3.78. The molecule has 0 aromatic heterocycles. The van der Waals surface area contributed by atoms with E-state index in [1.54, 1.807) is 14.2 Å². The molecule has 30 heavy (non-hydrogen) atoms. The van der Waals surface area contributed by atoms with Gasteiger partial charge in [-0.25, -0.2) is 0 Å². The lowest BCUT2D eigenvalue weighted by Crippen LogP contribution is -1.89. The molecule has 0 aliphatic heterocycles. The van der Waals surface area contributed by atoms with Crippen molar-refractivity contribution in [3.63, 3.8) is 0 Å². The van der Waals surface area contributed by atoms with Crippen LogP contribution in [0.3, 0.4) is 0 Å². The maximum atomic E-state index is 5.57. The van der Waals surface area contributed by atoms with Crippen LogP contribution in [0.1, 0.15) is 0 Å². The van der Waals surface area contributed by atoms with E-state index >= 15 is 0 Å². The van der Waals surface area contributed by atoms with Gasteiger partial charge in [-0.05, 0) is 78.1 Å². The Morgan fingerprint density at radius 1 is 0.433 bits per heavy atom. The molecule has 0 atom stereocenters. The SMILES string of the molecule is COc1ccc2ccc3c4ccccc4c4ccc5ccc(OC)cc5c4c3c2c1. The highest BCUT2D eigenvalue weighted by atomic mass is 16.5. The van der Waals surface area contributed by atoms with E-state index in [2.05, 4.69) is 72.8 Å². The molecule has 2 nitrogen and oxygen atoms in total. The Kier molecular flexibility index (Phi) is 3.63. The van der Waals surface area contributed by atoms with Crippen LogP contribution >= 0.6 is 0 Å². The van der Waals surface area contributed by atoms with Crippen molar-refractivity contribution in [3.05, 3.63) is 84.9 Å². The smallest absolute Gasteiger partial charge is 0.119 e. The van der Waals surface area contributed by atoms with Crippen LogP contribution in [0.5, 0.6) is 11.5 Å². The summed E-state index contributed by atoms with van der Waals surface area (Å²) in [5.74, 6) is 1.74. The van der Waals surface area contributed by atoms with Crippen LogP contribution in [0.25, 0.3) is 53.9 Å². The summed E-state index contributed by atoms with van der Waals surface area (Å²) in [5, 5.41) is 12.4. The third kappa shape index (κ3) is 2.31. The van der Waals surface area contributed by atoms with Crippen LogP contribution in [0.4, 0.5) is 0 Å². The van der Waals surface area contributed by atoms with Crippen molar-refractivity contribution in [2.75, 3.05) is 14.2 Å². The number of methoxy groups -OCH3 is 2. The van der Waals surface area contributed by atoms with Gasteiger partial charge < -0.3 is 9.47 Å². The zero-order valence-corrected chi connectivity index (χ0v) is 16.9. The van der Waals surface area contributed by atoms with Crippen LogP contribution in [0.2, 0.25) is 0 Å². The third-order valence-electron chi connectivity index (χ3n) is 6.21. The Morgan fingerprint density at radius 2 is 0.867 bits per heavy atom. The number of ether oxygens (including phenoxy) is 2. The molecule has 0 unspecified atom stereocenters. The van der Waals surface area contributed by atoms with Gasteiger partial charge in [0, 0.05) is 0 Å². The molecule has 6 aromatic carbocycles. The highest BCUT2D eigenvalue weighted by molar-refractivity contribution is 6.36. The molecular formula is C28H20O2. The van der Waals surface area contributed by atoms with E-state index in [9.17, 15) is 0 Å². The van der Waals surface area contributed by atoms with E-state index in [1.165, 1.54) is 53.9 Å². The minimum Gasteiger partial charge on any atom is -0.497 e. The van der Waals surface area contributed by atoms with Gasteiger partial charge in [-0.1, -0.05) is 60.7 Å². The van der Waals surface area contributed by atoms with E-state index < -0.39 is 0 Å². The highest BCUT2D eigenvalue weighted by Gasteiger charge is 2.14. The van der Waals surface area contributed by atoms with Crippen molar-refractivity contribution < 1.29 is 9.47 Å². The molecular weight excluding hydrogens is 368 g/mol. The first kappa shape index (κ1) is 17.1. The molecule has 0 aliphatic rings. The average molecular weight is 388 g/mol. The average Bonchev–Trinajstić information content (AvgIpc) is 2.82. The van der Waals surface area contributed by atoms with Gasteiger partial charge in [-0.15, -0.1) is 0 Å². The largest absolute Gasteiger partial charge is 0.497 e. The van der Waals surface area contributed by atoms with Crippen LogP contribution in [-0.2, 0) is 0 Å². The fraction of sp³-hybridized carbons (Fsp3) is 0.0714. The Bertz CT molecular complexity index is 1490. The lowest BCUT2D eigenvalue weighted by molar-refractivity contribution is 0.415. The number of rotatable bonds is 2. The van der Waals surface area contributed by atoms with Crippen molar-refractivity contribution in [1.82, 2.24) is 0 Å². The van der Waals surface area contributed by atoms with Gasteiger partial charge >= 0.3 is 0 Å². The molecule has 0 fully saturated rings. The molecule has 6 rings (SSSR count). The standard InChI is InChI=1S/C28H20O2/c1-29-19-11-7-17-9-13-23-21-5-3-4-6-22(21)24-14-10-18-8-12-20(30-2)16-26(18)28(24)27(23)25(17)15-19/h3-16H,1-2H3. The number of fused-ring (bicyclic) bond motifs is 10. The van der Waals surface area contributed by atoms with E-state index in [1.807, 2.05) is 12.1 Å². The Labute approximate surface area is 174 Å². The second kappa shape index (κ2) is 6.36. The van der Waals surface area contributed by atoms with Gasteiger partial charge in [0.2, 0.25) is 0 Å². The van der Waals surface area contributed by atoms with Crippen LogP contribution in [0.15, 0.2) is 84.9 Å². The highest BCUT2D eigenvalue weighted by Crippen LogP contribution is 2.43. The van der Waals surface area contributed by atoms with Crippen molar-refractivity contribution >= 4 is 53.9 Å². The molecule has 0 aliphatic carbocycles. The molecule has 0 N–H and O–H groups in total. The predicted molar refractivity (Wildman–Crippen MR) is 127 cm³/mol. The predicted octanol–water partition coefficient (Wildman–Crippen LogP) is 7.47.